The van der Waals surface area contributed by atoms with Gasteiger partial charge in [0.2, 0.25) is 0 Å². The Hall–Kier alpha value is -0.950. The Morgan fingerprint density at radius 1 is 1.29 bits per heavy atom. The van der Waals surface area contributed by atoms with Gasteiger partial charge >= 0.3 is 0 Å². The number of benzene rings is 1. The molecule has 5 nitrogen and oxygen atoms in total. The molecule has 0 saturated carbocycles. The quantitative estimate of drug-likeness (QED) is 0.851. The van der Waals surface area contributed by atoms with Crippen LogP contribution in [0.2, 0.25) is 0 Å². The topological polar surface area (TPSA) is 75.4 Å². The molecule has 21 heavy (non-hydrogen) atoms. The van der Waals surface area contributed by atoms with Crippen LogP contribution < -0.4 is 10.5 Å². The van der Waals surface area contributed by atoms with Crippen molar-refractivity contribution in [3.63, 3.8) is 0 Å². The third kappa shape index (κ3) is 2.99. The maximum absolute atomic E-state index is 12.5. The van der Waals surface area contributed by atoms with Crippen molar-refractivity contribution in [3.8, 4) is 0 Å². The average Bonchev–Trinajstić information content (AvgIpc) is 2.48. The summed E-state index contributed by atoms with van der Waals surface area (Å²) in [6.07, 6.45) is 3.80. The molecule has 1 saturated heterocycles. The predicted octanol–water partition coefficient (Wildman–Crippen LogP) is 0.974. The number of nitrogens with one attached hydrogen (secondary N) is 1. The van der Waals surface area contributed by atoms with E-state index in [9.17, 15) is 8.42 Å². The molecular weight excluding hydrogens is 286 g/mol. The Bertz CT molecular complexity index is 603. The summed E-state index contributed by atoms with van der Waals surface area (Å²) in [5.41, 5.74) is 8.32. The molecule has 3 rings (SSSR count). The Morgan fingerprint density at radius 3 is 2.86 bits per heavy atom. The van der Waals surface area contributed by atoms with Gasteiger partial charge in [0.25, 0.3) is 10.2 Å². The molecule has 0 bridgehead atoms. The molecule has 2 aliphatic rings. The van der Waals surface area contributed by atoms with Crippen LogP contribution >= 0.6 is 0 Å². The van der Waals surface area contributed by atoms with E-state index in [1.54, 1.807) is 4.31 Å². The Balaban J connectivity index is 1.62. The predicted molar refractivity (Wildman–Crippen MR) is 83.2 cm³/mol. The first kappa shape index (κ1) is 15.0. The largest absolute Gasteiger partial charge is 0.329 e. The van der Waals surface area contributed by atoms with Crippen molar-refractivity contribution in [2.75, 3.05) is 19.6 Å². The van der Waals surface area contributed by atoms with Gasteiger partial charge in [0.05, 0.1) is 0 Å². The molecule has 1 aromatic rings. The number of rotatable bonds is 5. The summed E-state index contributed by atoms with van der Waals surface area (Å²) in [5.74, 6) is 0.303. The number of hydrogen-bond acceptors (Lipinski definition) is 3. The monoisotopic (exact) mass is 309 g/mol. The summed E-state index contributed by atoms with van der Waals surface area (Å²) in [7, 11) is -3.42. The highest BCUT2D eigenvalue weighted by Crippen LogP contribution is 2.34. The third-order valence-corrected chi connectivity index (χ3v) is 6.26. The van der Waals surface area contributed by atoms with Crippen LogP contribution in [-0.2, 0) is 16.6 Å². The summed E-state index contributed by atoms with van der Waals surface area (Å²) in [6.45, 7) is 1.46. The van der Waals surface area contributed by atoms with E-state index in [2.05, 4.69) is 16.9 Å². The summed E-state index contributed by atoms with van der Waals surface area (Å²) in [4.78, 5) is 0. The van der Waals surface area contributed by atoms with E-state index in [1.165, 1.54) is 11.1 Å². The fraction of sp³-hybridized carbons (Fsp3) is 0.600. The van der Waals surface area contributed by atoms with E-state index in [0.717, 1.165) is 25.7 Å². The van der Waals surface area contributed by atoms with Gasteiger partial charge in [-0.3, -0.25) is 0 Å². The highest BCUT2D eigenvalue weighted by Gasteiger charge is 2.33. The van der Waals surface area contributed by atoms with Crippen molar-refractivity contribution >= 4 is 10.2 Å². The molecule has 0 spiro atoms. The lowest BCUT2D eigenvalue weighted by Crippen LogP contribution is -2.52. The SMILES string of the molecule is NCC1CCCCN1S(=O)(=O)NCC1Cc2ccccc21. The number of nitrogens with two attached hydrogens (primary N) is 1. The Labute approximate surface area is 126 Å². The number of piperidine rings is 1. The van der Waals surface area contributed by atoms with E-state index in [-0.39, 0.29) is 6.04 Å². The van der Waals surface area contributed by atoms with Gasteiger partial charge in [0.15, 0.2) is 0 Å². The summed E-state index contributed by atoms with van der Waals surface area (Å²) in [6, 6.07) is 8.18. The zero-order valence-corrected chi connectivity index (χ0v) is 13.0. The van der Waals surface area contributed by atoms with Crippen molar-refractivity contribution in [1.82, 2.24) is 9.03 Å². The lowest BCUT2D eigenvalue weighted by Gasteiger charge is -2.35. The fourth-order valence-electron chi connectivity index (χ4n) is 3.36. The van der Waals surface area contributed by atoms with Crippen molar-refractivity contribution in [2.45, 2.75) is 37.6 Å². The lowest BCUT2D eigenvalue weighted by molar-refractivity contribution is 0.254. The molecule has 6 heteroatoms. The number of fused-ring (bicyclic) bond motifs is 1. The second-order valence-corrected chi connectivity index (χ2v) is 7.66. The molecule has 116 valence electrons. The molecule has 0 amide bonds. The standard InChI is InChI=1S/C15H23N3O2S/c16-10-14-6-3-4-8-18(14)21(19,20)17-11-13-9-12-5-1-2-7-15(12)13/h1-2,5,7,13-14,17H,3-4,6,8-11,16H2. The van der Waals surface area contributed by atoms with E-state index in [0.29, 0.717) is 25.6 Å². The maximum Gasteiger partial charge on any atom is 0.279 e. The fourth-order valence-corrected chi connectivity index (χ4v) is 4.89. The second kappa shape index (κ2) is 6.04. The van der Waals surface area contributed by atoms with Gasteiger partial charge in [-0.05, 0) is 30.4 Å². The van der Waals surface area contributed by atoms with Gasteiger partial charge in [-0.2, -0.15) is 12.7 Å². The number of hydrogen-bond donors (Lipinski definition) is 2. The van der Waals surface area contributed by atoms with E-state index in [4.69, 9.17) is 5.73 Å². The zero-order chi connectivity index (χ0) is 14.9. The number of nitrogens with zero attached hydrogens (tertiary/aromatic N) is 1. The van der Waals surface area contributed by atoms with E-state index < -0.39 is 10.2 Å². The summed E-state index contributed by atoms with van der Waals surface area (Å²) >= 11 is 0. The van der Waals surface area contributed by atoms with Crippen molar-refractivity contribution in [2.24, 2.45) is 5.73 Å². The minimum Gasteiger partial charge on any atom is -0.329 e. The van der Waals surface area contributed by atoms with Crippen LogP contribution in [0.3, 0.4) is 0 Å². The van der Waals surface area contributed by atoms with Crippen LogP contribution in [0.1, 0.15) is 36.3 Å². The van der Waals surface area contributed by atoms with Crippen LogP contribution in [0, 0.1) is 0 Å². The first-order valence-corrected chi connectivity index (χ1v) is 9.10. The minimum atomic E-state index is -3.42. The summed E-state index contributed by atoms with van der Waals surface area (Å²) in [5, 5.41) is 0. The molecule has 1 aliphatic heterocycles. The maximum atomic E-state index is 12.5. The van der Waals surface area contributed by atoms with Gasteiger partial charge in [-0.15, -0.1) is 0 Å². The lowest BCUT2D eigenvalue weighted by atomic mass is 9.78. The molecular formula is C15H23N3O2S. The van der Waals surface area contributed by atoms with Crippen molar-refractivity contribution in [1.29, 1.82) is 0 Å². The second-order valence-electron chi connectivity index (χ2n) is 5.95. The molecule has 0 radical (unpaired) electrons. The van der Waals surface area contributed by atoms with E-state index >= 15 is 0 Å². The molecule has 3 N–H and O–H groups in total. The van der Waals surface area contributed by atoms with Gasteiger partial charge in [0.1, 0.15) is 0 Å². The van der Waals surface area contributed by atoms with Crippen molar-refractivity contribution < 1.29 is 8.42 Å². The molecule has 2 unspecified atom stereocenters. The van der Waals surface area contributed by atoms with Crippen LogP contribution in [0.25, 0.3) is 0 Å². The van der Waals surface area contributed by atoms with Crippen LogP contribution in [0.5, 0.6) is 0 Å². The Kier molecular flexibility index (Phi) is 4.31. The highest BCUT2D eigenvalue weighted by molar-refractivity contribution is 7.87. The van der Waals surface area contributed by atoms with Gasteiger partial charge in [-0.25, -0.2) is 4.72 Å². The van der Waals surface area contributed by atoms with Crippen molar-refractivity contribution in [3.05, 3.63) is 35.4 Å². The van der Waals surface area contributed by atoms with E-state index in [1.807, 2.05) is 12.1 Å². The molecule has 2 atom stereocenters. The zero-order valence-electron chi connectivity index (χ0n) is 12.2. The van der Waals surface area contributed by atoms with Gasteiger partial charge in [-0.1, -0.05) is 30.7 Å². The smallest absolute Gasteiger partial charge is 0.279 e. The Morgan fingerprint density at radius 2 is 2.10 bits per heavy atom. The highest BCUT2D eigenvalue weighted by atomic mass is 32.2. The van der Waals surface area contributed by atoms with Crippen LogP contribution in [0.4, 0.5) is 0 Å². The first-order valence-electron chi connectivity index (χ1n) is 7.66. The van der Waals surface area contributed by atoms with Crippen LogP contribution in [0.15, 0.2) is 24.3 Å². The first-order chi connectivity index (χ1) is 10.1. The van der Waals surface area contributed by atoms with Gasteiger partial charge in [0, 0.05) is 31.6 Å². The summed E-state index contributed by atoms with van der Waals surface area (Å²) < 4.78 is 29.3. The molecule has 1 aliphatic carbocycles. The average molecular weight is 309 g/mol. The van der Waals surface area contributed by atoms with Crippen LogP contribution in [-0.4, -0.2) is 38.4 Å². The minimum absolute atomic E-state index is 0.0510. The molecule has 0 aromatic heterocycles. The normalized spacial score (nSPS) is 26.1. The third-order valence-electron chi connectivity index (χ3n) is 4.63. The molecule has 1 heterocycles. The van der Waals surface area contributed by atoms with Gasteiger partial charge < -0.3 is 5.73 Å². The molecule has 1 aromatic carbocycles. The molecule has 1 fully saturated rings.